The molecule has 5 nitrogen and oxygen atoms in total. The van der Waals surface area contributed by atoms with E-state index in [0.717, 1.165) is 10.7 Å². The molecule has 0 aliphatic carbocycles. The van der Waals surface area contributed by atoms with E-state index < -0.39 is 11.9 Å². The van der Waals surface area contributed by atoms with Crippen molar-refractivity contribution in [1.29, 1.82) is 0 Å². The van der Waals surface area contributed by atoms with Crippen LogP contribution in [0.2, 0.25) is 0 Å². The summed E-state index contributed by atoms with van der Waals surface area (Å²) in [5, 5.41) is 13.7. The number of nitrogens with zero attached hydrogens (tertiary/aromatic N) is 1. The lowest BCUT2D eigenvalue weighted by atomic mass is 9.98. The van der Waals surface area contributed by atoms with Gasteiger partial charge in [-0.2, -0.15) is 0 Å². The zero-order valence-corrected chi connectivity index (χ0v) is 17.8. The second-order valence-electron chi connectivity index (χ2n) is 6.82. The van der Waals surface area contributed by atoms with Gasteiger partial charge in [-0.25, -0.2) is 9.37 Å². The van der Waals surface area contributed by atoms with Crippen LogP contribution >= 0.6 is 11.3 Å². The molecule has 0 fully saturated rings. The molecular weight excluding hydrogens is 393 g/mol. The summed E-state index contributed by atoms with van der Waals surface area (Å²) >= 11 is 1.55. The van der Waals surface area contributed by atoms with Gasteiger partial charge in [-0.05, 0) is 23.8 Å². The minimum atomic E-state index is -1.19. The maximum absolute atomic E-state index is 14.9. The molecular formula is C22H24FNO4S. The van der Waals surface area contributed by atoms with Crippen molar-refractivity contribution in [2.24, 2.45) is 0 Å². The second-order valence-corrected chi connectivity index (χ2v) is 7.71. The van der Waals surface area contributed by atoms with E-state index in [9.17, 15) is 9.50 Å². The smallest absolute Gasteiger partial charge is 0.203 e. The lowest BCUT2D eigenvalue weighted by Gasteiger charge is -2.18. The molecule has 1 unspecified atom stereocenters. The van der Waals surface area contributed by atoms with E-state index in [1.54, 1.807) is 35.6 Å². The fourth-order valence-electron chi connectivity index (χ4n) is 3.03. The van der Waals surface area contributed by atoms with Crippen molar-refractivity contribution in [3.8, 4) is 28.5 Å². The zero-order valence-electron chi connectivity index (χ0n) is 17.0. The molecule has 154 valence electrons. The highest BCUT2D eigenvalue weighted by molar-refractivity contribution is 7.10. The van der Waals surface area contributed by atoms with Crippen LogP contribution < -0.4 is 14.2 Å². The Hall–Kier alpha value is -2.64. The van der Waals surface area contributed by atoms with Gasteiger partial charge in [-0.1, -0.05) is 26.0 Å². The largest absolute Gasteiger partial charge is 0.493 e. The number of rotatable bonds is 7. The van der Waals surface area contributed by atoms with Crippen molar-refractivity contribution in [2.75, 3.05) is 21.3 Å². The second kappa shape index (κ2) is 8.80. The first-order chi connectivity index (χ1) is 13.9. The molecule has 2 aromatic carbocycles. The van der Waals surface area contributed by atoms with Crippen molar-refractivity contribution in [1.82, 2.24) is 4.98 Å². The Morgan fingerprint density at radius 2 is 1.66 bits per heavy atom. The average Bonchev–Trinajstić information content (AvgIpc) is 3.22. The van der Waals surface area contributed by atoms with E-state index in [0.29, 0.717) is 34.3 Å². The molecule has 3 aromatic rings. The summed E-state index contributed by atoms with van der Waals surface area (Å²) in [4.78, 5) is 4.56. The Balaban J connectivity index is 1.96. The van der Waals surface area contributed by atoms with Gasteiger partial charge in [0.1, 0.15) is 11.9 Å². The number of halogens is 1. The normalized spacial score (nSPS) is 12.1. The Morgan fingerprint density at radius 3 is 2.14 bits per heavy atom. The summed E-state index contributed by atoms with van der Waals surface area (Å²) in [5.74, 6) is 0.997. The standard InChI is InChI=1S/C22H24FNO4S/c1-12(2)22-24-17(11-29-22)13-6-7-15(16(23)8-13)20(25)14-9-18(26-3)21(28-5)19(10-14)27-4/h6-12,20,25H,1-5H3. The van der Waals surface area contributed by atoms with Gasteiger partial charge in [0.05, 0.1) is 32.0 Å². The molecule has 29 heavy (non-hydrogen) atoms. The average molecular weight is 418 g/mol. The van der Waals surface area contributed by atoms with Crippen molar-refractivity contribution >= 4 is 11.3 Å². The summed E-state index contributed by atoms with van der Waals surface area (Å²) in [7, 11) is 4.47. The van der Waals surface area contributed by atoms with Crippen LogP contribution in [-0.4, -0.2) is 31.4 Å². The fraction of sp³-hybridized carbons (Fsp3) is 0.318. The van der Waals surface area contributed by atoms with Gasteiger partial charge < -0.3 is 19.3 Å². The van der Waals surface area contributed by atoms with Crippen LogP contribution in [0.3, 0.4) is 0 Å². The van der Waals surface area contributed by atoms with E-state index in [-0.39, 0.29) is 5.56 Å². The molecule has 0 bridgehead atoms. The van der Waals surface area contributed by atoms with Crippen LogP contribution in [-0.2, 0) is 0 Å². The summed E-state index contributed by atoms with van der Waals surface area (Å²) in [6.45, 7) is 4.14. The topological polar surface area (TPSA) is 60.8 Å². The van der Waals surface area contributed by atoms with Gasteiger partial charge in [-0.3, -0.25) is 0 Å². The van der Waals surface area contributed by atoms with Crippen molar-refractivity contribution in [3.63, 3.8) is 0 Å². The predicted molar refractivity (Wildman–Crippen MR) is 112 cm³/mol. The highest BCUT2D eigenvalue weighted by Crippen LogP contribution is 2.41. The first kappa shape index (κ1) is 21.1. The lowest BCUT2D eigenvalue weighted by molar-refractivity contribution is 0.213. The molecule has 0 aliphatic heterocycles. The molecule has 0 saturated heterocycles. The van der Waals surface area contributed by atoms with Crippen LogP contribution in [0, 0.1) is 5.82 Å². The predicted octanol–water partition coefficient (Wildman–Crippen LogP) is 5.18. The van der Waals surface area contributed by atoms with Crippen LogP contribution in [0.25, 0.3) is 11.3 Å². The Labute approximate surface area is 173 Å². The number of aliphatic hydroxyl groups is 1. The quantitative estimate of drug-likeness (QED) is 0.574. The van der Waals surface area contributed by atoms with Crippen molar-refractivity contribution in [2.45, 2.75) is 25.9 Å². The molecule has 1 atom stereocenters. The van der Waals surface area contributed by atoms with Crippen molar-refractivity contribution < 1.29 is 23.7 Å². The van der Waals surface area contributed by atoms with E-state index in [2.05, 4.69) is 18.8 Å². The third kappa shape index (κ3) is 4.21. The van der Waals surface area contributed by atoms with E-state index in [4.69, 9.17) is 14.2 Å². The van der Waals surface area contributed by atoms with Gasteiger partial charge in [0.2, 0.25) is 5.75 Å². The van der Waals surface area contributed by atoms with E-state index >= 15 is 0 Å². The molecule has 0 aliphatic rings. The molecule has 1 N–H and O–H groups in total. The highest BCUT2D eigenvalue weighted by atomic mass is 32.1. The molecule has 0 spiro atoms. The molecule has 3 rings (SSSR count). The van der Waals surface area contributed by atoms with Crippen LogP contribution in [0.1, 0.15) is 42.0 Å². The molecule has 1 heterocycles. The van der Waals surface area contributed by atoms with E-state index in [1.165, 1.54) is 27.4 Å². The Bertz CT molecular complexity index is 977. The van der Waals surface area contributed by atoms with Crippen LogP contribution in [0.15, 0.2) is 35.7 Å². The number of aliphatic hydroxyl groups excluding tert-OH is 1. The monoisotopic (exact) mass is 417 g/mol. The maximum Gasteiger partial charge on any atom is 0.203 e. The number of aromatic nitrogens is 1. The third-order valence-electron chi connectivity index (χ3n) is 4.61. The number of hydrogen-bond donors (Lipinski definition) is 1. The summed E-state index contributed by atoms with van der Waals surface area (Å²) in [6, 6.07) is 7.95. The highest BCUT2D eigenvalue weighted by Gasteiger charge is 2.21. The summed E-state index contributed by atoms with van der Waals surface area (Å²) < 4.78 is 30.8. The number of ether oxygens (including phenoxy) is 3. The molecule has 1 aromatic heterocycles. The molecule has 0 saturated carbocycles. The minimum absolute atomic E-state index is 0.155. The van der Waals surface area contributed by atoms with Gasteiger partial charge >= 0.3 is 0 Å². The van der Waals surface area contributed by atoms with Crippen LogP contribution in [0.4, 0.5) is 4.39 Å². The SMILES string of the molecule is COc1cc(C(O)c2ccc(-c3csc(C(C)C)n3)cc2F)cc(OC)c1OC. The number of thiazole rings is 1. The minimum Gasteiger partial charge on any atom is -0.493 e. The maximum atomic E-state index is 14.9. The van der Waals surface area contributed by atoms with Gasteiger partial charge in [-0.15, -0.1) is 11.3 Å². The summed E-state index contributed by atoms with van der Waals surface area (Å²) in [5.41, 5.74) is 1.99. The van der Waals surface area contributed by atoms with Gasteiger partial charge in [0, 0.05) is 22.4 Å². The number of hydrogen-bond acceptors (Lipinski definition) is 6. The Morgan fingerprint density at radius 1 is 1.00 bits per heavy atom. The van der Waals surface area contributed by atoms with Gasteiger partial charge in [0.25, 0.3) is 0 Å². The Kier molecular flexibility index (Phi) is 6.39. The summed E-state index contributed by atoms with van der Waals surface area (Å²) in [6.07, 6.45) is -1.19. The fourth-order valence-corrected chi connectivity index (χ4v) is 3.88. The lowest BCUT2D eigenvalue weighted by Crippen LogP contribution is -2.05. The number of methoxy groups -OCH3 is 3. The third-order valence-corrected chi connectivity index (χ3v) is 5.75. The molecule has 0 radical (unpaired) electrons. The van der Waals surface area contributed by atoms with E-state index in [1.807, 2.05) is 5.38 Å². The molecule has 0 amide bonds. The first-order valence-corrected chi connectivity index (χ1v) is 10.0. The zero-order chi connectivity index (χ0) is 21.1. The first-order valence-electron chi connectivity index (χ1n) is 9.12. The van der Waals surface area contributed by atoms with Crippen molar-refractivity contribution in [3.05, 3.63) is 57.7 Å². The van der Waals surface area contributed by atoms with Gasteiger partial charge in [0.15, 0.2) is 11.5 Å². The number of benzene rings is 2. The molecule has 7 heteroatoms. The van der Waals surface area contributed by atoms with Crippen LogP contribution in [0.5, 0.6) is 17.2 Å².